The summed E-state index contributed by atoms with van der Waals surface area (Å²) in [6, 6.07) is 10.8. The van der Waals surface area contributed by atoms with Gasteiger partial charge < -0.3 is 0 Å². The van der Waals surface area contributed by atoms with Crippen LogP contribution in [0.3, 0.4) is 0 Å². The molecule has 2 heterocycles. The second-order valence-electron chi connectivity index (χ2n) is 4.58. The minimum Gasteiger partial charge on any atom is -0.272 e. The lowest BCUT2D eigenvalue weighted by Gasteiger charge is -2.12. The van der Waals surface area contributed by atoms with Crippen LogP contribution in [0.2, 0.25) is 5.02 Å². The fraction of sp³-hybridized carbons (Fsp3) is 0.133. The molecule has 1 amide bonds. The first-order chi connectivity index (χ1) is 9.66. The van der Waals surface area contributed by atoms with Crippen LogP contribution in [0, 0.1) is 5.92 Å². The molecule has 0 bridgehead atoms. The second kappa shape index (κ2) is 5.06. The first-order valence-corrected chi connectivity index (χ1v) is 6.63. The quantitative estimate of drug-likeness (QED) is 0.851. The third kappa shape index (κ3) is 2.18. The zero-order chi connectivity index (χ0) is 14.1. The monoisotopic (exact) mass is 285 g/mol. The van der Waals surface area contributed by atoms with Gasteiger partial charge in [-0.15, -0.1) is 0 Å². The van der Waals surface area contributed by atoms with Crippen LogP contribution in [0.5, 0.6) is 0 Å². The Bertz CT molecular complexity index is 667. The van der Waals surface area contributed by atoms with Crippen molar-refractivity contribution in [1.82, 2.24) is 4.98 Å². The molecule has 0 radical (unpaired) electrons. The average molecular weight is 286 g/mol. The summed E-state index contributed by atoms with van der Waals surface area (Å²) in [6.07, 6.45) is 3.41. The topological polar surface area (TPSA) is 45.6 Å². The van der Waals surface area contributed by atoms with Gasteiger partial charge in [-0.3, -0.25) is 9.78 Å². The van der Waals surface area contributed by atoms with Crippen molar-refractivity contribution in [2.75, 3.05) is 5.01 Å². The van der Waals surface area contributed by atoms with Crippen LogP contribution in [0.15, 0.2) is 53.9 Å². The van der Waals surface area contributed by atoms with E-state index in [9.17, 15) is 4.79 Å². The van der Waals surface area contributed by atoms with Gasteiger partial charge in [-0.1, -0.05) is 11.6 Å². The molecule has 1 aromatic carbocycles. The maximum absolute atomic E-state index is 12.3. The largest absolute Gasteiger partial charge is 0.272 e. The van der Waals surface area contributed by atoms with Gasteiger partial charge in [0.1, 0.15) is 0 Å². The molecule has 5 heteroatoms. The van der Waals surface area contributed by atoms with Crippen molar-refractivity contribution in [3.05, 3.63) is 59.4 Å². The number of hydrazone groups is 1. The smallest absolute Gasteiger partial charge is 0.256 e. The Kier molecular flexibility index (Phi) is 3.24. The highest BCUT2D eigenvalue weighted by Gasteiger charge is 2.33. The van der Waals surface area contributed by atoms with Crippen molar-refractivity contribution in [2.45, 2.75) is 6.92 Å². The van der Waals surface area contributed by atoms with Crippen molar-refractivity contribution >= 4 is 28.9 Å². The summed E-state index contributed by atoms with van der Waals surface area (Å²) >= 11 is 5.86. The van der Waals surface area contributed by atoms with Crippen molar-refractivity contribution in [1.29, 1.82) is 0 Å². The van der Waals surface area contributed by atoms with Gasteiger partial charge in [0.2, 0.25) is 0 Å². The molecule has 0 saturated heterocycles. The number of benzene rings is 1. The maximum atomic E-state index is 12.3. The molecule has 0 fully saturated rings. The number of carbonyl (C=O) groups excluding carboxylic acids is 1. The van der Waals surface area contributed by atoms with E-state index in [0.29, 0.717) is 10.7 Å². The molecular formula is C15H12ClN3O. The van der Waals surface area contributed by atoms with Crippen molar-refractivity contribution in [3.63, 3.8) is 0 Å². The van der Waals surface area contributed by atoms with E-state index in [4.69, 9.17) is 11.6 Å². The summed E-state index contributed by atoms with van der Waals surface area (Å²) in [7, 11) is 0. The third-order valence-electron chi connectivity index (χ3n) is 3.23. The maximum Gasteiger partial charge on any atom is 0.256 e. The van der Waals surface area contributed by atoms with Crippen molar-refractivity contribution in [2.24, 2.45) is 11.0 Å². The summed E-state index contributed by atoms with van der Waals surface area (Å²) in [4.78, 5) is 16.4. The van der Waals surface area contributed by atoms with Gasteiger partial charge in [0.15, 0.2) is 0 Å². The molecule has 100 valence electrons. The van der Waals surface area contributed by atoms with E-state index in [0.717, 1.165) is 11.3 Å². The molecule has 1 aliphatic rings. The molecule has 2 aromatic rings. The zero-order valence-electron chi connectivity index (χ0n) is 10.8. The van der Waals surface area contributed by atoms with E-state index in [1.807, 2.05) is 19.1 Å². The molecule has 1 atom stereocenters. The van der Waals surface area contributed by atoms with E-state index in [-0.39, 0.29) is 11.8 Å². The molecule has 0 spiro atoms. The Morgan fingerprint density at radius 2 is 1.95 bits per heavy atom. The zero-order valence-corrected chi connectivity index (χ0v) is 11.6. The minimum absolute atomic E-state index is 0.0498. The van der Waals surface area contributed by atoms with Crippen LogP contribution >= 0.6 is 11.6 Å². The Hall–Kier alpha value is -2.20. The molecule has 1 aromatic heterocycles. The van der Waals surface area contributed by atoms with Gasteiger partial charge in [0.25, 0.3) is 5.91 Å². The van der Waals surface area contributed by atoms with Crippen LogP contribution in [-0.2, 0) is 4.79 Å². The van der Waals surface area contributed by atoms with Crippen LogP contribution in [0.1, 0.15) is 12.5 Å². The summed E-state index contributed by atoms with van der Waals surface area (Å²) < 4.78 is 0. The predicted molar refractivity (Wildman–Crippen MR) is 78.9 cm³/mol. The van der Waals surface area contributed by atoms with Crippen LogP contribution < -0.4 is 5.01 Å². The summed E-state index contributed by atoms with van der Waals surface area (Å²) in [5.74, 6) is -0.332. The fourth-order valence-corrected chi connectivity index (χ4v) is 2.26. The van der Waals surface area contributed by atoms with E-state index in [2.05, 4.69) is 10.1 Å². The highest BCUT2D eigenvalue weighted by molar-refractivity contribution is 6.30. The summed E-state index contributed by atoms with van der Waals surface area (Å²) in [6.45, 7) is 1.85. The van der Waals surface area contributed by atoms with Gasteiger partial charge >= 0.3 is 0 Å². The summed E-state index contributed by atoms with van der Waals surface area (Å²) in [5.41, 5.74) is 2.31. The molecule has 20 heavy (non-hydrogen) atoms. The molecule has 0 N–H and O–H groups in total. The number of halogens is 1. The number of rotatable bonds is 2. The second-order valence-corrected chi connectivity index (χ2v) is 5.01. The van der Waals surface area contributed by atoms with Gasteiger partial charge in [-0.25, -0.2) is 0 Å². The van der Waals surface area contributed by atoms with Crippen LogP contribution in [0.25, 0.3) is 0 Å². The van der Waals surface area contributed by atoms with E-state index in [1.54, 1.807) is 36.7 Å². The number of anilines is 1. The Balaban J connectivity index is 1.99. The van der Waals surface area contributed by atoms with E-state index < -0.39 is 0 Å². The lowest BCUT2D eigenvalue weighted by atomic mass is 10.0. The Morgan fingerprint density at radius 1 is 1.20 bits per heavy atom. The van der Waals surface area contributed by atoms with Gasteiger partial charge in [0, 0.05) is 23.0 Å². The number of aromatic nitrogens is 1. The van der Waals surface area contributed by atoms with E-state index in [1.165, 1.54) is 5.01 Å². The number of hydrogen-bond donors (Lipinski definition) is 0. The molecule has 1 unspecified atom stereocenters. The fourth-order valence-electron chi connectivity index (χ4n) is 2.13. The van der Waals surface area contributed by atoms with Crippen LogP contribution in [-0.4, -0.2) is 16.6 Å². The standard InChI is InChI=1S/C15H12ClN3O/c1-10-14(11-3-2-8-17-9-11)18-19(15(10)20)13-6-4-12(16)5-7-13/h2-10H,1H3. The number of amides is 1. The molecule has 1 aliphatic heterocycles. The van der Waals surface area contributed by atoms with Gasteiger partial charge in [-0.2, -0.15) is 10.1 Å². The number of carbonyl (C=O) groups is 1. The lowest BCUT2D eigenvalue weighted by Crippen LogP contribution is -2.25. The van der Waals surface area contributed by atoms with Crippen molar-refractivity contribution < 1.29 is 4.79 Å². The van der Waals surface area contributed by atoms with Crippen molar-refractivity contribution in [3.8, 4) is 0 Å². The van der Waals surface area contributed by atoms with Gasteiger partial charge in [0.05, 0.1) is 17.3 Å². The first kappa shape index (κ1) is 12.8. The molecule has 4 nitrogen and oxygen atoms in total. The van der Waals surface area contributed by atoms with E-state index >= 15 is 0 Å². The number of pyridine rings is 1. The Labute approximate surface area is 121 Å². The predicted octanol–water partition coefficient (Wildman–Crippen LogP) is 3.12. The number of hydrogen-bond acceptors (Lipinski definition) is 3. The first-order valence-electron chi connectivity index (χ1n) is 6.25. The number of nitrogens with zero attached hydrogens (tertiary/aromatic N) is 3. The minimum atomic E-state index is -0.283. The molecule has 0 saturated carbocycles. The Morgan fingerprint density at radius 3 is 2.60 bits per heavy atom. The third-order valence-corrected chi connectivity index (χ3v) is 3.48. The van der Waals surface area contributed by atoms with Gasteiger partial charge in [-0.05, 0) is 43.3 Å². The lowest BCUT2D eigenvalue weighted by molar-refractivity contribution is -0.119. The molecule has 0 aliphatic carbocycles. The van der Waals surface area contributed by atoms with Crippen LogP contribution in [0.4, 0.5) is 5.69 Å². The highest BCUT2D eigenvalue weighted by atomic mass is 35.5. The normalized spacial score (nSPS) is 18.3. The average Bonchev–Trinajstić information content (AvgIpc) is 2.77. The highest BCUT2D eigenvalue weighted by Crippen LogP contribution is 2.27. The molecular weight excluding hydrogens is 274 g/mol. The SMILES string of the molecule is CC1C(=O)N(c2ccc(Cl)cc2)N=C1c1cccnc1. The molecule has 3 rings (SSSR count). The summed E-state index contributed by atoms with van der Waals surface area (Å²) in [5, 5.41) is 6.49.